The van der Waals surface area contributed by atoms with Crippen molar-refractivity contribution in [1.82, 2.24) is 4.72 Å². The zero-order chi connectivity index (χ0) is 18.4. The SMILES string of the molecule is COC(=O)c1sc(Cl)cc1S(=O)(=O)NCCOc1ccccc1OC. The number of sulfonamides is 1. The minimum atomic E-state index is -3.93. The van der Waals surface area contributed by atoms with Gasteiger partial charge in [-0.3, -0.25) is 0 Å². The van der Waals surface area contributed by atoms with Gasteiger partial charge in [0.1, 0.15) is 16.4 Å². The number of methoxy groups -OCH3 is 2. The summed E-state index contributed by atoms with van der Waals surface area (Å²) in [6.07, 6.45) is 0. The summed E-state index contributed by atoms with van der Waals surface area (Å²) in [5.74, 6) is 0.281. The Morgan fingerprint density at radius 2 is 1.92 bits per heavy atom. The quantitative estimate of drug-likeness (QED) is 0.536. The van der Waals surface area contributed by atoms with Crippen molar-refractivity contribution in [3.05, 3.63) is 39.5 Å². The van der Waals surface area contributed by atoms with Crippen molar-refractivity contribution in [2.24, 2.45) is 0 Å². The van der Waals surface area contributed by atoms with Crippen LogP contribution in [0.25, 0.3) is 0 Å². The zero-order valence-corrected chi connectivity index (χ0v) is 15.8. The molecule has 0 saturated heterocycles. The number of para-hydroxylation sites is 2. The van der Waals surface area contributed by atoms with E-state index in [9.17, 15) is 13.2 Å². The second-order valence-electron chi connectivity index (χ2n) is 4.63. The van der Waals surface area contributed by atoms with E-state index in [1.165, 1.54) is 20.3 Å². The van der Waals surface area contributed by atoms with Gasteiger partial charge in [0.05, 0.1) is 18.6 Å². The first-order valence-electron chi connectivity index (χ1n) is 7.02. The molecule has 7 nitrogen and oxygen atoms in total. The second kappa shape index (κ2) is 8.52. The molecular weight excluding hydrogens is 390 g/mol. The molecule has 2 aromatic rings. The smallest absolute Gasteiger partial charge is 0.349 e. The van der Waals surface area contributed by atoms with Crippen molar-refractivity contribution in [3.63, 3.8) is 0 Å². The molecule has 1 heterocycles. The third kappa shape index (κ3) is 4.85. The monoisotopic (exact) mass is 405 g/mol. The van der Waals surface area contributed by atoms with Crippen molar-refractivity contribution in [2.45, 2.75) is 4.90 Å². The number of esters is 1. The predicted molar refractivity (Wildman–Crippen MR) is 94.3 cm³/mol. The van der Waals surface area contributed by atoms with Crippen LogP contribution < -0.4 is 14.2 Å². The van der Waals surface area contributed by atoms with Crippen molar-refractivity contribution < 1.29 is 27.4 Å². The third-order valence-corrected chi connectivity index (χ3v) is 5.91. The molecule has 0 aliphatic heterocycles. The van der Waals surface area contributed by atoms with E-state index in [0.717, 1.165) is 11.3 Å². The molecule has 0 spiro atoms. The van der Waals surface area contributed by atoms with Crippen LogP contribution in [-0.2, 0) is 14.8 Å². The Morgan fingerprint density at radius 1 is 1.24 bits per heavy atom. The highest BCUT2D eigenvalue weighted by Gasteiger charge is 2.26. The van der Waals surface area contributed by atoms with Crippen LogP contribution in [0.15, 0.2) is 35.2 Å². The number of hydrogen-bond donors (Lipinski definition) is 1. The Labute approximate surface area is 154 Å². The van der Waals surface area contributed by atoms with Crippen LogP contribution in [0.2, 0.25) is 4.34 Å². The summed E-state index contributed by atoms with van der Waals surface area (Å²) in [6, 6.07) is 8.22. The molecule has 0 unspecified atom stereocenters. The van der Waals surface area contributed by atoms with E-state index in [4.69, 9.17) is 21.1 Å². The first-order valence-corrected chi connectivity index (χ1v) is 9.70. The van der Waals surface area contributed by atoms with Crippen LogP contribution in [0.5, 0.6) is 11.5 Å². The topological polar surface area (TPSA) is 90.9 Å². The van der Waals surface area contributed by atoms with E-state index in [0.29, 0.717) is 11.5 Å². The molecule has 0 aliphatic carbocycles. The molecule has 0 fully saturated rings. The lowest BCUT2D eigenvalue weighted by Gasteiger charge is -2.11. The van der Waals surface area contributed by atoms with Gasteiger partial charge in [0.2, 0.25) is 10.0 Å². The Bertz CT molecular complexity index is 849. The van der Waals surface area contributed by atoms with E-state index in [-0.39, 0.29) is 27.3 Å². The van der Waals surface area contributed by atoms with Crippen LogP contribution in [0.4, 0.5) is 0 Å². The maximum atomic E-state index is 12.4. The lowest BCUT2D eigenvalue weighted by atomic mass is 10.3. The second-order valence-corrected chi connectivity index (χ2v) is 8.05. The Kier molecular flexibility index (Phi) is 6.65. The van der Waals surface area contributed by atoms with Gasteiger partial charge in [0.15, 0.2) is 11.5 Å². The molecule has 0 atom stereocenters. The van der Waals surface area contributed by atoms with Gasteiger partial charge in [-0.25, -0.2) is 17.9 Å². The number of carbonyl (C=O) groups excluding carboxylic acids is 1. The van der Waals surface area contributed by atoms with Crippen molar-refractivity contribution in [3.8, 4) is 11.5 Å². The van der Waals surface area contributed by atoms with Gasteiger partial charge < -0.3 is 14.2 Å². The summed E-state index contributed by atoms with van der Waals surface area (Å²) >= 11 is 6.67. The number of nitrogens with one attached hydrogen (secondary N) is 1. The Balaban J connectivity index is 2.02. The highest BCUT2D eigenvalue weighted by molar-refractivity contribution is 7.89. The minimum Gasteiger partial charge on any atom is -0.493 e. The van der Waals surface area contributed by atoms with E-state index in [1.54, 1.807) is 24.3 Å². The van der Waals surface area contributed by atoms with Gasteiger partial charge in [0, 0.05) is 6.54 Å². The van der Waals surface area contributed by atoms with Crippen LogP contribution >= 0.6 is 22.9 Å². The molecule has 0 bridgehead atoms. The van der Waals surface area contributed by atoms with Crippen LogP contribution in [-0.4, -0.2) is 41.8 Å². The molecule has 25 heavy (non-hydrogen) atoms. The molecule has 0 saturated carbocycles. The standard InChI is InChI=1S/C15H16ClNO6S2/c1-21-10-5-3-4-6-11(10)23-8-7-17-25(19,20)12-9-13(16)24-14(12)15(18)22-2/h3-6,9,17H,7-8H2,1-2H3. The highest BCUT2D eigenvalue weighted by atomic mass is 35.5. The van der Waals surface area contributed by atoms with Crippen LogP contribution in [0, 0.1) is 0 Å². The van der Waals surface area contributed by atoms with Crippen LogP contribution in [0.3, 0.4) is 0 Å². The van der Waals surface area contributed by atoms with Gasteiger partial charge in [0.25, 0.3) is 0 Å². The molecule has 136 valence electrons. The molecule has 1 aromatic heterocycles. The highest BCUT2D eigenvalue weighted by Crippen LogP contribution is 2.30. The number of benzene rings is 1. The number of halogens is 1. The first-order chi connectivity index (χ1) is 11.9. The Morgan fingerprint density at radius 3 is 2.56 bits per heavy atom. The fourth-order valence-electron chi connectivity index (χ4n) is 1.93. The molecule has 0 aliphatic rings. The van der Waals surface area contributed by atoms with Gasteiger partial charge >= 0.3 is 5.97 Å². The maximum Gasteiger partial charge on any atom is 0.349 e. The first kappa shape index (κ1) is 19.5. The predicted octanol–water partition coefficient (Wildman–Crippen LogP) is 2.55. The normalized spacial score (nSPS) is 11.2. The molecule has 1 N–H and O–H groups in total. The van der Waals surface area contributed by atoms with E-state index < -0.39 is 16.0 Å². The summed E-state index contributed by atoms with van der Waals surface area (Å²) in [4.78, 5) is 11.4. The van der Waals surface area contributed by atoms with Crippen molar-refractivity contribution in [2.75, 3.05) is 27.4 Å². The summed E-state index contributed by atoms with van der Waals surface area (Å²) in [6.45, 7) is 0.0689. The molecule has 1 aromatic carbocycles. The average molecular weight is 406 g/mol. The van der Waals surface area contributed by atoms with Crippen LogP contribution in [0.1, 0.15) is 9.67 Å². The summed E-state index contributed by atoms with van der Waals surface area (Å²) in [7, 11) is -1.25. The molecule has 2 rings (SSSR count). The maximum absolute atomic E-state index is 12.4. The van der Waals surface area contributed by atoms with Crippen molar-refractivity contribution in [1.29, 1.82) is 0 Å². The lowest BCUT2D eigenvalue weighted by Crippen LogP contribution is -2.29. The number of hydrogen-bond acceptors (Lipinski definition) is 7. The summed E-state index contributed by atoms with van der Waals surface area (Å²) in [5.41, 5.74) is 0. The number of ether oxygens (including phenoxy) is 3. The summed E-state index contributed by atoms with van der Waals surface area (Å²) in [5, 5.41) is 0. The van der Waals surface area contributed by atoms with Crippen molar-refractivity contribution >= 4 is 38.9 Å². The van der Waals surface area contributed by atoms with Gasteiger partial charge in [-0.2, -0.15) is 0 Å². The van der Waals surface area contributed by atoms with Gasteiger partial charge in [-0.15, -0.1) is 11.3 Å². The molecule has 10 heteroatoms. The fraction of sp³-hybridized carbons (Fsp3) is 0.267. The number of thiophene rings is 1. The third-order valence-electron chi connectivity index (χ3n) is 3.05. The summed E-state index contributed by atoms with van der Waals surface area (Å²) < 4.78 is 42.5. The molecular formula is C15H16ClNO6S2. The molecule has 0 amide bonds. The average Bonchev–Trinajstić information content (AvgIpc) is 3.01. The fourth-order valence-corrected chi connectivity index (χ4v) is 4.67. The van der Waals surface area contributed by atoms with Gasteiger partial charge in [-0.1, -0.05) is 23.7 Å². The minimum absolute atomic E-state index is 0.00550. The number of carbonyl (C=O) groups is 1. The Hall–Kier alpha value is -1.81. The van der Waals surface area contributed by atoms with E-state index in [2.05, 4.69) is 9.46 Å². The van der Waals surface area contributed by atoms with E-state index in [1.807, 2.05) is 0 Å². The number of rotatable bonds is 8. The lowest BCUT2D eigenvalue weighted by molar-refractivity contribution is 0.0602. The zero-order valence-electron chi connectivity index (χ0n) is 13.4. The largest absolute Gasteiger partial charge is 0.493 e. The van der Waals surface area contributed by atoms with Gasteiger partial charge in [-0.05, 0) is 18.2 Å². The molecule has 0 radical (unpaired) electrons. The van der Waals surface area contributed by atoms with E-state index >= 15 is 0 Å².